The van der Waals surface area contributed by atoms with Gasteiger partial charge in [0.15, 0.2) is 5.96 Å². The van der Waals surface area contributed by atoms with Crippen molar-refractivity contribution >= 4 is 29.9 Å². The summed E-state index contributed by atoms with van der Waals surface area (Å²) in [4.78, 5) is 4.31. The molecule has 1 aromatic rings. The summed E-state index contributed by atoms with van der Waals surface area (Å²) in [6.45, 7) is 4.42. The first-order valence-corrected chi connectivity index (χ1v) is 10.1. The minimum atomic E-state index is -0.465. The molecule has 0 heterocycles. The van der Waals surface area contributed by atoms with E-state index in [0.717, 1.165) is 26.2 Å². The maximum Gasteiger partial charge on any atom is 0.191 e. The summed E-state index contributed by atoms with van der Waals surface area (Å²) in [6.07, 6.45) is 6.70. The molecule has 0 amide bonds. The number of benzene rings is 1. The molecule has 2 fully saturated rings. The summed E-state index contributed by atoms with van der Waals surface area (Å²) < 4.78 is 33.5. The Bertz CT molecular complexity index is 645. The zero-order valence-corrected chi connectivity index (χ0v) is 19.1. The number of guanidine groups is 1. The van der Waals surface area contributed by atoms with E-state index in [4.69, 9.17) is 4.74 Å². The lowest BCUT2D eigenvalue weighted by Crippen LogP contribution is -2.44. The number of nitrogens with zero attached hydrogens (tertiary/aromatic N) is 1. The van der Waals surface area contributed by atoms with Crippen molar-refractivity contribution in [3.63, 3.8) is 0 Å². The molecule has 2 N–H and O–H groups in total. The van der Waals surface area contributed by atoms with Crippen molar-refractivity contribution in [1.82, 2.24) is 10.6 Å². The topological polar surface area (TPSA) is 45.6 Å². The lowest BCUT2D eigenvalue weighted by atomic mass is 9.83. The maximum absolute atomic E-state index is 14.0. The Balaban J connectivity index is 0.00000280. The van der Waals surface area contributed by atoms with Crippen LogP contribution in [0.4, 0.5) is 8.78 Å². The van der Waals surface area contributed by atoms with Crippen LogP contribution < -0.4 is 10.6 Å². The quantitative estimate of drug-likeness (QED) is 0.234. The van der Waals surface area contributed by atoms with E-state index < -0.39 is 11.6 Å². The minimum absolute atomic E-state index is 0. The summed E-state index contributed by atoms with van der Waals surface area (Å²) in [5, 5.41) is 6.77. The Morgan fingerprint density at radius 2 is 1.93 bits per heavy atom. The summed E-state index contributed by atoms with van der Waals surface area (Å²) in [6, 6.07) is 4.07. The van der Waals surface area contributed by atoms with Gasteiger partial charge in [-0.1, -0.05) is 18.9 Å². The van der Waals surface area contributed by atoms with Crippen LogP contribution in [-0.2, 0) is 4.74 Å². The molecule has 2 atom stereocenters. The molecule has 0 aromatic heterocycles. The second kappa shape index (κ2) is 10.7. The Kier molecular flexibility index (Phi) is 8.92. The van der Waals surface area contributed by atoms with Crippen LogP contribution in [0.3, 0.4) is 0 Å². The molecule has 4 nitrogen and oxygen atoms in total. The second-order valence-corrected chi connectivity index (χ2v) is 7.81. The van der Waals surface area contributed by atoms with Gasteiger partial charge < -0.3 is 15.4 Å². The lowest BCUT2D eigenvalue weighted by molar-refractivity contribution is 0.105. The van der Waals surface area contributed by atoms with Crippen LogP contribution in [0.1, 0.15) is 56.9 Å². The minimum Gasteiger partial charge on any atom is -0.382 e. The van der Waals surface area contributed by atoms with E-state index >= 15 is 0 Å². The molecule has 7 heteroatoms. The van der Waals surface area contributed by atoms with Gasteiger partial charge in [-0.15, -0.1) is 24.0 Å². The fourth-order valence-electron chi connectivity index (χ4n) is 4.25. The van der Waals surface area contributed by atoms with Crippen LogP contribution in [-0.4, -0.2) is 38.8 Å². The van der Waals surface area contributed by atoms with Crippen molar-refractivity contribution in [3.05, 3.63) is 35.4 Å². The number of rotatable bonds is 8. The van der Waals surface area contributed by atoms with Gasteiger partial charge in [0.05, 0.1) is 0 Å². The van der Waals surface area contributed by atoms with Crippen LogP contribution in [0.25, 0.3) is 0 Å². The first-order chi connectivity index (χ1) is 13.1. The van der Waals surface area contributed by atoms with Crippen LogP contribution in [0.2, 0.25) is 0 Å². The number of ether oxygens (including phenoxy) is 1. The first-order valence-electron chi connectivity index (χ1n) is 10.1. The predicted molar refractivity (Wildman–Crippen MR) is 119 cm³/mol. The van der Waals surface area contributed by atoms with Crippen molar-refractivity contribution in [2.75, 3.05) is 26.8 Å². The van der Waals surface area contributed by atoms with E-state index in [0.29, 0.717) is 12.4 Å². The first kappa shape index (κ1) is 23.3. The van der Waals surface area contributed by atoms with E-state index in [9.17, 15) is 8.78 Å². The molecule has 2 unspecified atom stereocenters. The highest BCUT2D eigenvalue weighted by atomic mass is 127. The number of nitrogens with one attached hydrogen (secondary N) is 2. The van der Waals surface area contributed by atoms with E-state index in [1.54, 1.807) is 7.05 Å². The van der Waals surface area contributed by atoms with Gasteiger partial charge in [-0.05, 0) is 50.2 Å². The lowest BCUT2D eigenvalue weighted by Gasteiger charge is -2.30. The van der Waals surface area contributed by atoms with E-state index in [1.165, 1.54) is 43.9 Å². The smallest absolute Gasteiger partial charge is 0.191 e. The third kappa shape index (κ3) is 5.78. The Labute approximate surface area is 183 Å². The average molecular weight is 507 g/mol. The summed E-state index contributed by atoms with van der Waals surface area (Å²) in [5.74, 6) is -0.355. The van der Waals surface area contributed by atoms with Gasteiger partial charge in [-0.2, -0.15) is 0 Å². The van der Waals surface area contributed by atoms with Crippen LogP contribution in [0.15, 0.2) is 23.2 Å². The van der Waals surface area contributed by atoms with Crippen molar-refractivity contribution < 1.29 is 13.5 Å². The van der Waals surface area contributed by atoms with Crippen LogP contribution in [0, 0.1) is 17.0 Å². The molecule has 28 heavy (non-hydrogen) atoms. The fraction of sp³-hybridized carbons (Fsp3) is 0.667. The third-order valence-electron chi connectivity index (χ3n) is 5.98. The van der Waals surface area contributed by atoms with Gasteiger partial charge in [-0.3, -0.25) is 4.99 Å². The maximum atomic E-state index is 14.0. The number of aliphatic imine (C=N–C) groups is 1. The third-order valence-corrected chi connectivity index (χ3v) is 5.98. The van der Waals surface area contributed by atoms with E-state index in [2.05, 4.69) is 15.6 Å². The number of hydrogen-bond acceptors (Lipinski definition) is 2. The van der Waals surface area contributed by atoms with Gasteiger partial charge in [0.2, 0.25) is 0 Å². The zero-order valence-electron chi connectivity index (χ0n) is 16.8. The van der Waals surface area contributed by atoms with Gasteiger partial charge in [0.25, 0.3) is 0 Å². The van der Waals surface area contributed by atoms with E-state index in [1.807, 2.05) is 6.92 Å². The summed E-state index contributed by atoms with van der Waals surface area (Å²) in [5.41, 5.74) is 0.447. The molecule has 0 saturated heterocycles. The molecular weight excluding hydrogens is 475 g/mol. The van der Waals surface area contributed by atoms with Crippen molar-refractivity contribution in [2.24, 2.45) is 10.4 Å². The van der Waals surface area contributed by atoms with Crippen LogP contribution in [0.5, 0.6) is 0 Å². The molecule has 0 aliphatic heterocycles. The highest BCUT2D eigenvalue weighted by Gasteiger charge is 2.42. The largest absolute Gasteiger partial charge is 0.382 e. The standard InChI is InChI=1S/C21H31F2N3O.HI/c1-3-27-12-11-21(9-4-5-10-21)14-25-20(24-2)26-18-13-15(18)19-16(22)7-6-8-17(19)23;/h6-8,15,18H,3-5,9-14H2,1-2H3,(H2,24,25,26);1H. The van der Waals surface area contributed by atoms with Crippen molar-refractivity contribution in [3.8, 4) is 0 Å². The molecule has 2 aliphatic carbocycles. The predicted octanol–water partition coefficient (Wildman–Crippen LogP) is 4.59. The Hall–Kier alpha value is -0.960. The zero-order chi connectivity index (χ0) is 19.3. The van der Waals surface area contributed by atoms with Crippen LogP contribution >= 0.6 is 24.0 Å². The molecule has 0 radical (unpaired) electrons. The molecule has 2 saturated carbocycles. The highest BCUT2D eigenvalue weighted by molar-refractivity contribution is 14.0. The average Bonchev–Trinajstić information content (AvgIpc) is 3.23. The SMILES string of the molecule is CCOCCC1(CNC(=NC)NC2CC2c2c(F)cccc2F)CCCC1.I. The number of halogens is 3. The molecule has 1 aromatic carbocycles. The normalized spacial score (nSPS) is 23.2. The highest BCUT2D eigenvalue weighted by Crippen LogP contribution is 2.43. The molecule has 0 bridgehead atoms. The van der Waals surface area contributed by atoms with Gasteiger partial charge in [0, 0.05) is 44.3 Å². The summed E-state index contributed by atoms with van der Waals surface area (Å²) >= 11 is 0. The van der Waals surface area contributed by atoms with E-state index in [-0.39, 0.29) is 46.9 Å². The summed E-state index contributed by atoms with van der Waals surface area (Å²) in [7, 11) is 1.73. The van der Waals surface area contributed by atoms with Crippen molar-refractivity contribution in [2.45, 2.75) is 57.4 Å². The van der Waals surface area contributed by atoms with Gasteiger partial charge in [-0.25, -0.2) is 8.78 Å². The fourth-order valence-corrected chi connectivity index (χ4v) is 4.25. The number of hydrogen-bond donors (Lipinski definition) is 2. The van der Waals surface area contributed by atoms with Gasteiger partial charge >= 0.3 is 0 Å². The van der Waals surface area contributed by atoms with Crippen molar-refractivity contribution in [1.29, 1.82) is 0 Å². The molecule has 0 spiro atoms. The van der Waals surface area contributed by atoms with Gasteiger partial charge in [0.1, 0.15) is 11.6 Å². The Morgan fingerprint density at radius 3 is 2.54 bits per heavy atom. The monoisotopic (exact) mass is 507 g/mol. The molecular formula is C21H32F2IN3O. The second-order valence-electron chi connectivity index (χ2n) is 7.81. The molecule has 3 rings (SSSR count). The molecule has 2 aliphatic rings. The molecule has 158 valence electrons. The Morgan fingerprint density at radius 1 is 1.25 bits per heavy atom.